The molecule has 1 heterocycles. The van der Waals surface area contributed by atoms with Crippen molar-refractivity contribution in [1.29, 1.82) is 0 Å². The van der Waals surface area contributed by atoms with Crippen LogP contribution < -0.4 is 0 Å². The molecule has 1 aliphatic heterocycles. The number of hydrogen-bond donors (Lipinski definition) is 0. The maximum Gasteiger partial charge on any atom is 0.152 e. The second-order valence-electron chi connectivity index (χ2n) is 2.88. The van der Waals surface area contributed by atoms with Crippen LogP contribution in [0, 0.1) is 0 Å². The van der Waals surface area contributed by atoms with E-state index in [0.717, 1.165) is 25.0 Å². The van der Waals surface area contributed by atoms with E-state index in [0.29, 0.717) is 5.78 Å². The lowest BCUT2D eigenvalue weighted by Crippen LogP contribution is -2.24. The van der Waals surface area contributed by atoms with Gasteiger partial charge in [-0.15, -0.1) is 11.8 Å². The fourth-order valence-corrected chi connectivity index (χ4v) is 2.91. The minimum Gasteiger partial charge on any atom is -0.298 e. The summed E-state index contributed by atoms with van der Waals surface area (Å²) in [6.07, 6.45) is 7.20. The SMILES string of the molecule is O=C1CCC[C@]12C=CCS2. The van der Waals surface area contributed by atoms with Gasteiger partial charge in [-0.1, -0.05) is 12.2 Å². The summed E-state index contributed by atoms with van der Waals surface area (Å²) in [5, 5.41) is 0. The van der Waals surface area contributed by atoms with E-state index in [9.17, 15) is 4.79 Å². The van der Waals surface area contributed by atoms with Gasteiger partial charge >= 0.3 is 0 Å². The molecule has 0 aromatic carbocycles. The standard InChI is InChI=1S/C8H10OS/c9-7-3-1-4-8(7)5-2-6-10-8/h2,5H,1,3-4,6H2/t8-/m0/s1. The molecule has 0 radical (unpaired) electrons. The Balaban J connectivity index is 2.28. The molecule has 2 heteroatoms. The molecule has 0 saturated heterocycles. The Morgan fingerprint density at radius 2 is 2.50 bits per heavy atom. The van der Waals surface area contributed by atoms with E-state index in [1.807, 2.05) is 0 Å². The van der Waals surface area contributed by atoms with Crippen molar-refractivity contribution in [3.8, 4) is 0 Å². The van der Waals surface area contributed by atoms with Gasteiger partial charge in [0, 0.05) is 12.2 Å². The second kappa shape index (κ2) is 2.12. The molecule has 2 rings (SSSR count). The van der Waals surface area contributed by atoms with Crippen LogP contribution in [0.25, 0.3) is 0 Å². The van der Waals surface area contributed by atoms with E-state index in [4.69, 9.17) is 0 Å². The number of ketones is 1. The van der Waals surface area contributed by atoms with Crippen LogP contribution >= 0.6 is 11.8 Å². The second-order valence-corrected chi connectivity index (χ2v) is 4.23. The Morgan fingerprint density at radius 1 is 1.60 bits per heavy atom. The Labute approximate surface area is 64.9 Å². The van der Waals surface area contributed by atoms with Crippen LogP contribution in [0.3, 0.4) is 0 Å². The highest BCUT2D eigenvalue weighted by Crippen LogP contribution is 2.43. The predicted molar refractivity (Wildman–Crippen MR) is 43.2 cm³/mol. The molecule has 0 aromatic rings. The van der Waals surface area contributed by atoms with Crippen LogP contribution in [0.4, 0.5) is 0 Å². The van der Waals surface area contributed by atoms with Crippen LogP contribution in [-0.4, -0.2) is 16.3 Å². The molecule has 10 heavy (non-hydrogen) atoms. The quantitative estimate of drug-likeness (QED) is 0.495. The highest BCUT2D eigenvalue weighted by atomic mass is 32.2. The first-order valence-corrected chi connectivity index (χ1v) is 4.67. The third-order valence-corrected chi connectivity index (χ3v) is 3.69. The Hall–Kier alpha value is -0.240. The van der Waals surface area contributed by atoms with E-state index in [1.54, 1.807) is 11.8 Å². The lowest BCUT2D eigenvalue weighted by molar-refractivity contribution is -0.118. The summed E-state index contributed by atoms with van der Waals surface area (Å²) in [4.78, 5) is 11.3. The Morgan fingerprint density at radius 3 is 3.00 bits per heavy atom. The lowest BCUT2D eigenvalue weighted by atomic mass is 10.1. The van der Waals surface area contributed by atoms with Crippen LogP contribution in [0.15, 0.2) is 12.2 Å². The van der Waals surface area contributed by atoms with E-state index in [-0.39, 0.29) is 4.75 Å². The van der Waals surface area contributed by atoms with E-state index in [1.165, 1.54) is 0 Å². The van der Waals surface area contributed by atoms with Crippen LogP contribution in [0.2, 0.25) is 0 Å². The van der Waals surface area contributed by atoms with Crippen LogP contribution in [0.5, 0.6) is 0 Å². The molecular weight excluding hydrogens is 144 g/mol. The molecule has 54 valence electrons. The van der Waals surface area contributed by atoms with Crippen molar-refractivity contribution in [2.24, 2.45) is 0 Å². The van der Waals surface area contributed by atoms with Crippen molar-refractivity contribution in [2.45, 2.75) is 24.0 Å². The van der Waals surface area contributed by atoms with Gasteiger partial charge in [0.25, 0.3) is 0 Å². The smallest absolute Gasteiger partial charge is 0.152 e. The summed E-state index contributed by atoms with van der Waals surface area (Å²) < 4.78 is -0.0556. The highest BCUT2D eigenvalue weighted by molar-refractivity contribution is 8.02. The maximum absolute atomic E-state index is 11.3. The minimum atomic E-state index is -0.0556. The van der Waals surface area contributed by atoms with Gasteiger partial charge in [0.05, 0.1) is 4.75 Å². The van der Waals surface area contributed by atoms with Crippen LogP contribution in [-0.2, 0) is 4.79 Å². The first kappa shape index (κ1) is 6.47. The number of rotatable bonds is 0. The third-order valence-electron chi connectivity index (χ3n) is 2.25. The van der Waals surface area contributed by atoms with Crippen molar-refractivity contribution in [2.75, 3.05) is 5.75 Å². The molecule has 0 amide bonds. The molecule has 1 fully saturated rings. The van der Waals surface area contributed by atoms with Gasteiger partial charge in [0.1, 0.15) is 0 Å². The van der Waals surface area contributed by atoms with Crippen molar-refractivity contribution in [1.82, 2.24) is 0 Å². The Bertz CT molecular complexity index is 197. The van der Waals surface area contributed by atoms with Crippen LogP contribution in [0.1, 0.15) is 19.3 Å². The fraction of sp³-hybridized carbons (Fsp3) is 0.625. The summed E-state index contributed by atoms with van der Waals surface area (Å²) in [6.45, 7) is 0. The van der Waals surface area contributed by atoms with Crippen molar-refractivity contribution in [3.63, 3.8) is 0 Å². The molecule has 0 aromatic heterocycles. The van der Waals surface area contributed by atoms with E-state index < -0.39 is 0 Å². The van der Waals surface area contributed by atoms with Crippen molar-refractivity contribution < 1.29 is 4.79 Å². The fourth-order valence-electron chi connectivity index (χ4n) is 1.67. The molecular formula is C8H10OS. The molecule has 1 atom stereocenters. The monoisotopic (exact) mass is 154 g/mol. The predicted octanol–water partition coefficient (Wildman–Crippen LogP) is 1.78. The van der Waals surface area contributed by atoms with Crippen molar-refractivity contribution >= 4 is 17.5 Å². The molecule has 1 aliphatic carbocycles. The van der Waals surface area contributed by atoms with E-state index in [2.05, 4.69) is 12.2 Å². The van der Waals surface area contributed by atoms with Gasteiger partial charge < -0.3 is 0 Å². The number of thioether (sulfide) groups is 1. The highest BCUT2D eigenvalue weighted by Gasteiger charge is 2.41. The third kappa shape index (κ3) is 0.749. The zero-order valence-electron chi connectivity index (χ0n) is 5.80. The van der Waals surface area contributed by atoms with Gasteiger partial charge in [-0.25, -0.2) is 0 Å². The molecule has 2 aliphatic rings. The molecule has 1 saturated carbocycles. The molecule has 1 spiro atoms. The van der Waals surface area contributed by atoms with Gasteiger partial charge in [-0.2, -0.15) is 0 Å². The van der Waals surface area contributed by atoms with Gasteiger partial charge in [0.15, 0.2) is 5.78 Å². The maximum atomic E-state index is 11.3. The summed E-state index contributed by atoms with van der Waals surface area (Å²) in [5.74, 6) is 1.48. The zero-order valence-corrected chi connectivity index (χ0v) is 6.62. The Kier molecular flexibility index (Phi) is 1.37. The minimum absolute atomic E-state index is 0.0556. The first-order valence-electron chi connectivity index (χ1n) is 3.68. The van der Waals surface area contributed by atoms with Gasteiger partial charge in [-0.05, 0) is 12.8 Å². The molecule has 0 N–H and O–H groups in total. The summed E-state index contributed by atoms with van der Waals surface area (Å²) in [5.41, 5.74) is 0. The summed E-state index contributed by atoms with van der Waals surface area (Å²) in [7, 11) is 0. The molecule has 0 bridgehead atoms. The molecule has 0 unspecified atom stereocenters. The zero-order chi connectivity index (χ0) is 7.03. The van der Waals surface area contributed by atoms with Gasteiger partial charge in [-0.3, -0.25) is 4.79 Å². The number of hydrogen-bond acceptors (Lipinski definition) is 2. The normalized spacial score (nSPS) is 38.2. The average Bonchev–Trinajstić information content (AvgIpc) is 2.48. The summed E-state index contributed by atoms with van der Waals surface area (Å²) in [6, 6.07) is 0. The van der Waals surface area contributed by atoms with Gasteiger partial charge in [0.2, 0.25) is 0 Å². The topological polar surface area (TPSA) is 17.1 Å². The number of Topliss-reactive ketones (excluding diaryl/α,β-unsaturated/α-hetero) is 1. The lowest BCUT2D eigenvalue weighted by Gasteiger charge is -2.16. The largest absolute Gasteiger partial charge is 0.298 e. The first-order chi connectivity index (χ1) is 4.83. The average molecular weight is 154 g/mol. The number of carbonyl (C=O) groups is 1. The summed E-state index contributed by atoms with van der Waals surface area (Å²) >= 11 is 1.80. The van der Waals surface area contributed by atoms with Crippen molar-refractivity contribution in [3.05, 3.63) is 12.2 Å². The number of carbonyl (C=O) groups excluding carboxylic acids is 1. The van der Waals surface area contributed by atoms with E-state index >= 15 is 0 Å². The molecule has 1 nitrogen and oxygen atoms in total.